The highest BCUT2D eigenvalue weighted by molar-refractivity contribution is 6.97. The first kappa shape index (κ1) is 11.4. The predicted molar refractivity (Wildman–Crippen MR) is 58.7 cm³/mol. The van der Waals surface area contributed by atoms with Crippen molar-refractivity contribution in [2.24, 2.45) is 0 Å². The van der Waals surface area contributed by atoms with E-state index in [2.05, 4.69) is 4.74 Å². The van der Waals surface area contributed by atoms with Gasteiger partial charge in [-0.25, -0.2) is 4.79 Å². The lowest BCUT2D eigenvalue weighted by molar-refractivity contribution is -0.120. The zero-order valence-electron chi connectivity index (χ0n) is 8.43. The van der Waals surface area contributed by atoms with E-state index in [0.717, 1.165) is 7.17 Å². The Balaban J connectivity index is 2.62. The van der Waals surface area contributed by atoms with Crippen molar-refractivity contribution >= 4 is 27.0 Å². The number of hydrogen-bond donors (Lipinski definition) is 0. The second-order valence-electron chi connectivity index (χ2n) is 2.87. The van der Waals surface area contributed by atoms with Gasteiger partial charge in [-0.1, -0.05) is 6.82 Å². The van der Waals surface area contributed by atoms with E-state index in [1.807, 2.05) is 6.82 Å². The van der Waals surface area contributed by atoms with Crippen LogP contribution in [0.5, 0.6) is 5.75 Å². The molecular weight excluding hydrogens is 194 g/mol. The number of hydrogen-bond acceptors (Lipinski definition) is 4. The summed E-state index contributed by atoms with van der Waals surface area (Å²) in [7, 11) is 1.20. The average molecular weight is 204 g/mol. The quantitative estimate of drug-likeness (QED) is 0.505. The zero-order chi connectivity index (χ0) is 11.1. The lowest BCUT2D eigenvalue weighted by atomic mass is 9.52. The highest BCUT2D eigenvalue weighted by Gasteiger charge is 2.06. The van der Waals surface area contributed by atoms with Crippen molar-refractivity contribution in [1.82, 2.24) is 0 Å². The van der Waals surface area contributed by atoms with Crippen LogP contribution in [0.1, 0.15) is 10.4 Å². The number of carbonyl (C=O) groups excluding carboxylic acids is 2. The summed E-state index contributed by atoms with van der Waals surface area (Å²) in [6, 6.07) is 6.18. The number of carbonyl (C=O) groups is 2. The van der Waals surface area contributed by atoms with Crippen LogP contribution in [0.15, 0.2) is 24.3 Å². The molecule has 0 fully saturated rings. The second kappa shape index (κ2) is 5.90. The van der Waals surface area contributed by atoms with Gasteiger partial charge in [-0.3, -0.25) is 4.79 Å². The van der Waals surface area contributed by atoms with E-state index in [4.69, 9.17) is 4.65 Å². The minimum Gasteiger partial charge on any atom is -0.545 e. The molecule has 0 spiro atoms. The monoisotopic (exact) mass is 204 g/mol. The molecule has 0 aromatic heterocycles. The Hall–Kier alpha value is -1.71. The first-order valence-electron chi connectivity index (χ1n) is 4.65. The molecule has 0 bridgehead atoms. The SMILES string of the molecule is CBBOC(=O)c1ccc(OC=O)cc1. The molecule has 15 heavy (non-hydrogen) atoms. The molecule has 0 unspecified atom stereocenters. The fourth-order valence-corrected chi connectivity index (χ4v) is 1.00. The summed E-state index contributed by atoms with van der Waals surface area (Å²) in [5.41, 5.74) is 0.446. The van der Waals surface area contributed by atoms with Gasteiger partial charge < -0.3 is 9.39 Å². The van der Waals surface area contributed by atoms with Gasteiger partial charge in [0.05, 0.1) is 5.56 Å². The number of ether oxygens (including phenoxy) is 1. The van der Waals surface area contributed by atoms with E-state index < -0.39 is 0 Å². The number of benzene rings is 1. The molecule has 0 aliphatic carbocycles. The van der Waals surface area contributed by atoms with Gasteiger partial charge in [0.2, 0.25) is 0 Å². The van der Waals surface area contributed by atoms with Crippen molar-refractivity contribution in [1.29, 1.82) is 0 Å². The zero-order valence-corrected chi connectivity index (χ0v) is 8.43. The Kier molecular flexibility index (Phi) is 4.47. The van der Waals surface area contributed by atoms with Crippen molar-refractivity contribution in [2.45, 2.75) is 6.82 Å². The van der Waals surface area contributed by atoms with Crippen LogP contribution in [0, 0.1) is 0 Å². The molecule has 0 N–H and O–H groups in total. The Morgan fingerprint density at radius 2 is 2.00 bits per heavy atom. The Labute approximate surface area is 89.1 Å². The molecule has 0 amide bonds. The van der Waals surface area contributed by atoms with E-state index in [1.165, 1.54) is 12.1 Å². The summed E-state index contributed by atoms with van der Waals surface area (Å²) in [4.78, 5) is 21.4. The van der Waals surface area contributed by atoms with Gasteiger partial charge in [-0.15, -0.1) is 0 Å². The molecule has 0 heterocycles. The fraction of sp³-hybridized carbons (Fsp3) is 0.111. The normalized spacial score (nSPS) is 8.87. The van der Waals surface area contributed by atoms with Gasteiger partial charge in [0, 0.05) is 0 Å². The Morgan fingerprint density at radius 1 is 1.33 bits per heavy atom. The summed E-state index contributed by atoms with van der Waals surface area (Å²) in [6.45, 7) is 2.26. The van der Waals surface area contributed by atoms with Crippen LogP contribution < -0.4 is 4.74 Å². The summed E-state index contributed by atoms with van der Waals surface area (Å²) in [5.74, 6) is 0.0338. The van der Waals surface area contributed by atoms with Crippen LogP contribution >= 0.6 is 0 Å². The van der Waals surface area contributed by atoms with E-state index in [9.17, 15) is 9.59 Å². The van der Waals surface area contributed by atoms with Crippen LogP contribution in [0.25, 0.3) is 0 Å². The third-order valence-corrected chi connectivity index (χ3v) is 1.71. The third-order valence-electron chi connectivity index (χ3n) is 1.71. The van der Waals surface area contributed by atoms with E-state index >= 15 is 0 Å². The van der Waals surface area contributed by atoms with Crippen LogP contribution in [0.2, 0.25) is 6.82 Å². The minimum atomic E-state index is -0.366. The molecule has 0 saturated carbocycles. The largest absolute Gasteiger partial charge is 0.545 e. The predicted octanol–water partition coefficient (Wildman–Crippen LogP) is 0.130. The number of rotatable bonds is 5. The molecular formula is C9H10B2O4. The maximum Gasteiger partial charge on any atom is 0.319 e. The van der Waals surface area contributed by atoms with Crippen molar-refractivity contribution in [3.8, 4) is 5.75 Å². The molecule has 6 heteroatoms. The molecule has 1 aromatic carbocycles. The van der Waals surface area contributed by atoms with Crippen LogP contribution in [-0.4, -0.2) is 27.0 Å². The maximum atomic E-state index is 11.3. The van der Waals surface area contributed by atoms with Gasteiger partial charge in [0.1, 0.15) is 12.9 Å². The summed E-state index contributed by atoms with van der Waals surface area (Å²) < 4.78 is 9.52. The van der Waals surface area contributed by atoms with Crippen molar-refractivity contribution in [2.75, 3.05) is 0 Å². The lowest BCUT2D eigenvalue weighted by Gasteiger charge is -2.03. The van der Waals surface area contributed by atoms with Crippen LogP contribution in [-0.2, 0) is 9.45 Å². The van der Waals surface area contributed by atoms with E-state index in [0.29, 0.717) is 25.2 Å². The molecule has 0 atom stereocenters. The molecule has 1 aromatic rings. The van der Waals surface area contributed by atoms with Crippen molar-refractivity contribution in [3.63, 3.8) is 0 Å². The summed E-state index contributed by atoms with van der Waals surface area (Å²) in [5, 5.41) is 0. The highest BCUT2D eigenvalue weighted by atomic mass is 16.5. The second-order valence-corrected chi connectivity index (χ2v) is 2.87. The first-order valence-corrected chi connectivity index (χ1v) is 4.65. The average Bonchev–Trinajstić information content (AvgIpc) is 2.27. The standard InChI is InChI=1S/C9H10B2O4/c1-10-11-15-9(13)7-2-4-8(5-3-7)14-6-12/h2-6,10-11H,1H3. The molecule has 0 aliphatic heterocycles. The molecule has 1 rings (SSSR count). The van der Waals surface area contributed by atoms with Gasteiger partial charge >= 0.3 is 5.97 Å². The topological polar surface area (TPSA) is 52.6 Å². The van der Waals surface area contributed by atoms with Gasteiger partial charge in [-0.2, -0.15) is 0 Å². The maximum absolute atomic E-state index is 11.3. The first-order chi connectivity index (χ1) is 7.27. The van der Waals surface area contributed by atoms with Crippen molar-refractivity contribution in [3.05, 3.63) is 29.8 Å². The summed E-state index contributed by atoms with van der Waals surface area (Å²) in [6.07, 6.45) is 0. The van der Waals surface area contributed by atoms with E-state index in [1.54, 1.807) is 12.1 Å². The summed E-state index contributed by atoms with van der Waals surface area (Å²) >= 11 is 0. The van der Waals surface area contributed by atoms with Gasteiger partial charge in [-0.05, 0) is 24.3 Å². The smallest absolute Gasteiger partial charge is 0.319 e. The molecule has 0 saturated heterocycles. The fourth-order valence-electron chi connectivity index (χ4n) is 1.00. The third kappa shape index (κ3) is 3.50. The Morgan fingerprint density at radius 3 is 2.53 bits per heavy atom. The van der Waals surface area contributed by atoms with Gasteiger partial charge in [0.25, 0.3) is 13.8 Å². The van der Waals surface area contributed by atoms with Crippen LogP contribution in [0.3, 0.4) is 0 Å². The molecule has 0 aliphatic rings. The highest BCUT2D eigenvalue weighted by Crippen LogP contribution is 2.11. The Bertz CT molecular complexity index is 336. The van der Waals surface area contributed by atoms with Crippen LogP contribution in [0.4, 0.5) is 0 Å². The van der Waals surface area contributed by atoms with Crippen molar-refractivity contribution < 1.29 is 19.0 Å². The van der Waals surface area contributed by atoms with Gasteiger partial charge in [0.15, 0.2) is 0 Å². The molecule has 0 radical (unpaired) electrons. The molecule has 76 valence electrons. The van der Waals surface area contributed by atoms with E-state index in [-0.39, 0.29) is 5.97 Å². The minimum absolute atomic E-state index is 0.338. The lowest BCUT2D eigenvalue weighted by Crippen LogP contribution is -2.12. The molecule has 4 nitrogen and oxygen atoms in total.